The molecule has 1 amide bonds. The first kappa shape index (κ1) is 19.0. The van der Waals surface area contributed by atoms with E-state index in [0.717, 1.165) is 11.3 Å². The first-order valence-electron chi connectivity index (χ1n) is 8.71. The van der Waals surface area contributed by atoms with Gasteiger partial charge in [-0.1, -0.05) is 18.2 Å². The number of rotatable bonds is 6. The Morgan fingerprint density at radius 2 is 1.85 bits per heavy atom. The number of thiazole rings is 1. The van der Waals surface area contributed by atoms with Crippen LogP contribution in [0.5, 0.6) is 5.75 Å². The van der Waals surface area contributed by atoms with Gasteiger partial charge in [-0.15, -0.1) is 11.3 Å². The second-order valence-corrected chi connectivity index (χ2v) is 7.18. The van der Waals surface area contributed by atoms with Crippen molar-refractivity contribution >= 4 is 22.9 Å². The van der Waals surface area contributed by atoms with Crippen molar-refractivity contribution in [2.75, 3.05) is 11.4 Å². The largest absolute Gasteiger partial charge is 0.486 e. The third kappa shape index (κ3) is 4.34. The van der Waals surface area contributed by atoms with Crippen molar-refractivity contribution in [2.24, 2.45) is 0 Å². The average Bonchev–Trinajstić information content (AvgIpc) is 3.04. The predicted octanol–water partition coefficient (Wildman–Crippen LogP) is 5.14. The summed E-state index contributed by atoms with van der Waals surface area (Å²) >= 11 is 1.33. The van der Waals surface area contributed by atoms with Gasteiger partial charge in [0.1, 0.15) is 28.1 Å². The maximum Gasteiger partial charge on any atom is 0.270 e. The van der Waals surface area contributed by atoms with Gasteiger partial charge in [0.05, 0.1) is 5.69 Å². The summed E-state index contributed by atoms with van der Waals surface area (Å²) in [5, 5.41) is 0.709. The van der Waals surface area contributed by atoms with E-state index in [-0.39, 0.29) is 18.3 Å². The maximum atomic E-state index is 13.1. The Hall–Kier alpha value is -2.73. The molecule has 0 N–H and O–H groups in total. The number of carbonyl (C=O) groups excluding carboxylic acids is 1. The van der Waals surface area contributed by atoms with Crippen LogP contribution in [-0.2, 0) is 6.61 Å². The fourth-order valence-corrected chi connectivity index (χ4v) is 3.73. The first-order valence-corrected chi connectivity index (χ1v) is 9.53. The van der Waals surface area contributed by atoms with Gasteiger partial charge in [0, 0.05) is 12.2 Å². The van der Waals surface area contributed by atoms with E-state index >= 15 is 0 Å². The van der Waals surface area contributed by atoms with Crippen LogP contribution >= 0.6 is 11.3 Å². The van der Waals surface area contributed by atoms with Gasteiger partial charge >= 0.3 is 0 Å². The molecule has 0 saturated heterocycles. The van der Waals surface area contributed by atoms with E-state index in [9.17, 15) is 9.18 Å². The number of ether oxygens (including phenoxy) is 1. The number of amides is 1. The molecule has 3 rings (SSSR count). The lowest BCUT2D eigenvalue weighted by molar-refractivity contribution is 0.0991. The van der Waals surface area contributed by atoms with Crippen molar-refractivity contribution in [3.05, 3.63) is 75.5 Å². The van der Waals surface area contributed by atoms with Crippen LogP contribution in [0.2, 0.25) is 0 Å². The van der Waals surface area contributed by atoms with Gasteiger partial charge in [-0.3, -0.25) is 4.79 Å². The smallest absolute Gasteiger partial charge is 0.270 e. The predicted molar refractivity (Wildman–Crippen MR) is 106 cm³/mol. The summed E-state index contributed by atoms with van der Waals surface area (Å²) in [5.41, 5.74) is 2.64. The molecule has 0 unspecified atom stereocenters. The lowest BCUT2D eigenvalue weighted by atomic mass is 10.1. The van der Waals surface area contributed by atoms with E-state index in [2.05, 4.69) is 4.98 Å². The molecule has 3 aromatic rings. The van der Waals surface area contributed by atoms with Crippen LogP contribution in [0.3, 0.4) is 0 Å². The Bertz CT molecular complexity index is 938. The highest BCUT2D eigenvalue weighted by atomic mass is 32.1. The minimum absolute atomic E-state index is 0.0603. The monoisotopic (exact) mass is 384 g/mol. The summed E-state index contributed by atoms with van der Waals surface area (Å²) < 4.78 is 18.6. The van der Waals surface area contributed by atoms with Gasteiger partial charge < -0.3 is 9.64 Å². The second kappa shape index (κ2) is 8.31. The van der Waals surface area contributed by atoms with Crippen LogP contribution in [0.25, 0.3) is 0 Å². The summed E-state index contributed by atoms with van der Waals surface area (Å²) in [4.78, 5) is 19.9. The molecule has 1 aromatic heterocycles. The van der Waals surface area contributed by atoms with E-state index in [1.54, 1.807) is 17.0 Å². The molecule has 140 valence electrons. The summed E-state index contributed by atoms with van der Waals surface area (Å²) in [5.74, 6) is 0.193. The summed E-state index contributed by atoms with van der Waals surface area (Å²) in [6.07, 6.45) is 0. The molecule has 27 heavy (non-hydrogen) atoms. The number of halogens is 1. The molecule has 0 spiro atoms. The van der Waals surface area contributed by atoms with Crippen LogP contribution in [0.15, 0.2) is 48.5 Å². The van der Waals surface area contributed by atoms with Gasteiger partial charge in [-0.2, -0.15) is 0 Å². The third-order valence-electron chi connectivity index (χ3n) is 4.18. The lowest BCUT2D eigenvalue weighted by Crippen LogP contribution is -2.31. The fraction of sp³-hybridized carbons (Fsp3) is 0.238. The van der Waals surface area contributed by atoms with Crippen molar-refractivity contribution in [3.8, 4) is 5.75 Å². The van der Waals surface area contributed by atoms with E-state index in [4.69, 9.17) is 4.74 Å². The highest BCUT2D eigenvalue weighted by molar-refractivity contribution is 7.13. The van der Waals surface area contributed by atoms with E-state index in [0.29, 0.717) is 27.9 Å². The van der Waals surface area contributed by atoms with Crippen LogP contribution in [0.4, 0.5) is 10.1 Å². The van der Waals surface area contributed by atoms with Crippen molar-refractivity contribution in [1.82, 2.24) is 4.98 Å². The Balaban J connectivity index is 1.77. The standard InChI is InChI=1S/C21H21FN2O2S/c1-4-24(18-8-6-5-7-14(18)2)21(25)20-15(3)23-19(27-20)13-26-17-11-9-16(22)10-12-17/h5-12H,4,13H2,1-3H3. The second-order valence-electron chi connectivity index (χ2n) is 6.10. The number of aryl methyl sites for hydroxylation is 2. The number of anilines is 1. The lowest BCUT2D eigenvalue weighted by Gasteiger charge is -2.22. The van der Waals surface area contributed by atoms with Crippen molar-refractivity contribution in [3.63, 3.8) is 0 Å². The molecule has 0 atom stereocenters. The zero-order valence-electron chi connectivity index (χ0n) is 15.5. The van der Waals surface area contributed by atoms with Gasteiger partial charge in [-0.25, -0.2) is 9.37 Å². The van der Waals surface area contributed by atoms with Crippen LogP contribution < -0.4 is 9.64 Å². The minimum atomic E-state index is -0.309. The molecule has 0 aliphatic heterocycles. The van der Waals surface area contributed by atoms with Gasteiger partial charge in [0.15, 0.2) is 0 Å². The normalized spacial score (nSPS) is 10.7. The Labute approximate surface area is 162 Å². The summed E-state index contributed by atoms with van der Waals surface area (Å²) in [6, 6.07) is 13.7. The number of nitrogens with zero attached hydrogens (tertiary/aromatic N) is 2. The molecule has 0 saturated carbocycles. The number of para-hydroxylation sites is 1. The molecule has 4 nitrogen and oxygen atoms in total. The molecule has 0 bridgehead atoms. The molecule has 0 fully saturated rings. The van der Waals surface area contributed by atoms with Crippen LogP contribution in [0.1, 0.15) is 32.9 Å². The van der Waals surface area contributed by atoms with Gasteiger partial charge in [-0.05, 0) is 56.7 Å². The van der Waals surface area contributed by atoms with Gasteiger partial charge in [0.25, 0.3) is 5.91 Å². The number of aromatic nitrogens is 1. The first-order chi connectivity index (χ1) is 13.0. The fourth-order valence-electron chi connectivity index (χ4n) is 2.80. The topological polar surface area (TPSA) is 42.4 Å². The number of hydrogen-bond acceptors (Lipinski definition) is 4. The average molecular weight is 384 g/mol. The highest BCUT2D eigenvalue weighted by Gasteiger charge is 2.22. The zero-order chi connectivity index (χ0) is 19.4. The van der Waals surface area contributed by atoms with Gasteiger partial charge in [0.2, 0.25) is 0 Å². The Morgan fingerprint density at radius 3 is 2.52 bits per heavy atom. The number of hydrogen-bond donors (Lipinski definition) is 0. The minimum Gasteiger partial charge on any atom is -0.486 e. The SMILES string of the molecule is CCN(C(=O)c1sc(COc2ccc(F)cc2)nc1C)c1ccccc1C. The Morgan fingerprint density at radius 1 is 1.15 bits per heavy atom. The molecule has 2 aromatic carbocycles. The quantitative estimate of drug-likeness (QED) is 0.591. The Kier molecular flexibility index (Phi) is 5.86. The number of carbonyl (C=O) groups is 1. The molecular formula is C21H21FN2O2S. The summed E-state index contributed by atoms with van der Waals surface area (Å²) in [6.45, 7) is 6.59. The summed E-state index contributed by atoms with van der Waals surface area (Å²) in [7, 11) is 0. The highest BCUT2D eigenvalue weighted by Crippen LogP contribution is 2.26. The van der Waals surface area contributed by atoms with E-state index < -0.39 is 0 Å². The molecule has 6 heteroatoms. The molecular weight excluding hydrogens is 363 g/mol. The van der Waals surface area contributed by atoms with Crippen molar-refractivity contribution < 1.29 is 13.9 Å². The van der Waals surface area contributed by atoms with Crippen LogP contribution in [0, 0.1) is 19.7 Å². The molecule has 0 aliphatic rings. The molecule has 0 radical (unpaired) electrons. The molecule has 0 aliphatic carbocycles. The van der Waals surface area contributed by atoms with E-state index in [1.807, 2.05) is 45.0 Å². The van der Waals surface area contributed by atoms with Crippen LogP contribution in [-0.4, -0.2) is 17.4 Å². The van der Waals surface area contributed by atoms with Crippen molar-refractivity contribution in [1.29, 1.82) is 0 Å². The van der Waals surface area contributed by atoms with E-state index in [1.165, 1.54) is 23.5 Å². The zero-order valence-corrected chi connectivity index (χ0v) is 16.3. The number of benzene rings is 2. The third-order valence-corrected chi connectivity index (χ3v) is 5.30. The molecule has 1 heterocycles. The maximum absolute atomic E-state index is 13.1. The van der Waals surface area contributed by atoms with Crippen molar-refractivity contribution in [2.45, 2.75) is 27.4 Å².